The summed E-state index contributed by atoms with van der Waals surface area (Å²) in [5, 5.41) is 1.85. The van der Waals surface area contributed by atoms with Gasteiger partial charge < -0.3 is 4.90 Å². The number of carbonyl (C=O) groups excluding carboxylic acids is 1. The maximum atomic E-state index is 12.6. The molecule has 7 heteroatoms. The van der Waals surface area contributed by atoms with Crippen molar-refractivity contribution in [1.29, 1.82) is 0 Å². The summed E-state index contributed by atoms with van der Waals surface area (Å²) < 4.78 is 0. The lowest BCUT2D eigenvalue weighted by Gasteiger charge is -2.18. The minimum absolute atomic E-state index is 0.0126. The predicted octanol–water partition coefficient (Wildman–Crippen LogP) is 4.91. The Kier molecular flexibility index (Phi) is 7.85. The first-order valence-electron chi connectivity index (χ1n) is 6.48. The van der Waals surface area contributed by atoms with E-state index in [1.807, 2.05) is 25.5 Å². The van der Waals surface area contributed by atoms with Gasteiger partial charge in [-0.25, -0.2) is 4.98 Å². The lowest BCUT2D eigenvalue weighted by Crippen LogP contribution is -2.19. The summed E-state index contributed by atoms with van der Waals surface area (Å²) >= 11 is 10.6. The fourth-order valence-corrected chi connectivity index (χ4v) is 2.61. The Labute approximate surface area is 148 Å². The van der Waals surface area contributed by atoms with E-state index in [2.05, 4.69) is 39.1 Å². The molecule has 0 unspecified atom stereocenters. The molecular formula is C15H17BrClN3OS. The summed E-state index contributed by atoms with van der Waals surface area (Å²) in [4.78, 5) is 23.0. The van der Waals surface area contributed by atoms with Gasteiger partial charge in [0.25, 0.3) is 0 Å². The number of thioether (sulfide) groups is 1. The second-order valence-electron chi connectivity index (χ2n) is 4.25. The maximum Gasteiger partial charge on any atom is 0.225 e. The van der Waals surface area contributed by atoms with E-state index in [1.165, 1.54) is 11.8 Å². The Bertz CT molecular complexity index is 619. The van der Waals surface area contributed by atoms with Gasteiger partial charge in [0, 0.05) is 12.6 Å². The summed E-state index contributed by atoms with van der Waals surface area (Å²) in [6.07, 6.45) is 4.40. The molecule has 0 amide bonds. The monoisotopic (exact) mass is 401 g/mol. The van der Waals surface area contributed by atoms with Crippen LogP contribution in [0, 0.1) is 0 Å². The molecule has 1 aromatic heterocycles. The van der Waals surface area contributed by atoms with Gasteiger partial charge >= 0.3 is 0 Å². The van der Waals surface area contributed by atoms with E-state index in [-0.39, 0.29) is 16.8 Å². The zero-order valence-corrected chi connectivity index (χ0v) is 15.6. The van der Waals surface area contributed by atoms with Crippen LogP contribution in [0.2, 0.25) is 5.28 Å². The molecule has 0 aliphatic rings. The fraction of sp³-hybridized carbons (Fsp3) is 0.267. The zero-order chi connectivity index (χ0) is 16.7. The van der Waals surface area contributed by atoms with E-state index in [0.717, 1.165) is 6.42 Å². The zero-order valence-electron chi connectivity index (χ0n) is 12.5. The molecule has 0 saturated heterocycles. The van der Waals surface area contributed by atoms with Crippen LogP contribution in [0.4, 0.5) is 5.82 Å². The number of allylic oxidation sites excluding steroid dienone is 2. The first kappa shape index (κ1) is 18.9. The molecule has 1 rings (SSSR count). The number of hydrogen-bond acceptors (Lipinski definition) is 5. The van der Waals surface area contributed by atoms with Crippen LogP contribution in [-0.2, 0) is 0 Å². The summed E-state index contributed by atoms with van der Waals surface area (Å²) in [5.74, 6) is 0.256. The number of nitrogens with zero attached hydrogens (tertiary/aromatic N) is 3. The van der Waals surface area contributed by atoms with Gasteiger partial charge in [0.1, 0.15) is 11.5 Å². The molecule has 0 radical (unpaired) electrons. The number of ketones is 1. The van der Waals surface area contributed by atoms with Crippen LogP contribution in [0.1, 0.15) is 29.4 Å². The number of rotatable bonds is 8. The van der Waals surface area contributed by atoms with E-state index in [0.29, 0.717) is 21.7 Å². The van der Waals surface area contributed by atoms with E-state index in [4.69, 9.17) is 11.6 Å². The lowest BCUT2D eigenvalue weighted by atomic mass is 10.1. The Hall–Kier alpha value is -1.11. The number of carbonyl (C=O) groups is 1. The van der Waals surface area contributed by atoms with Crippen molar-refractivity contribution < 1.29 is 4.79 Å². The van der Waals surface area contributed by atoms with Gasteiger partial charge in [-0.2, -0.15) is 4.98 Å². The van der Waals surface area contributed by atoms with Crippen molar-refractivity contribution in [3.63, 3.8) is 0 Å². The molecule has 0 fully saturated rings. The second-order valence-corrected chi connectivity index (χ2v) is 6.09. The largest absolute Gasteiger partial charge is 0.349 e. The van der Waals surface area contributed by atoms with Crippen molar-refractivity contribution in [3.05, 3.63) is 46.1 Å². The molecular weight excluding hydrogens is 386 g/mol. The van der Waals surface area contributed by atoms with Gasteiger partial charge in [-0.3, -0.25) is 4.79 Å². The standard InChI is InChI=1S/C15H17BrClN3OS/c1-5-7-8-22-10(3)13(21)12-11(6-2)14(20(4)9-16)19-15(17)18-12/h6-8H,2-3,5,9H2,1,4H3/b8-7-. The van der Waals surface area contributed by atoms with E-state index < -0.39 is 0 Å². The molecule has 0 spiro atoms. The summed E-state index contributed by atoms with van der Waals surface area (Å²) in [7, 11) is 1.82. The first-order chi connectivity index (χ1) is 10.5. The maximum absolute atomic E-state index is 12.6. The SMILES string of the molecule is C=Cc1c(C(=O)C(=C)S/C=C\CC)nc(Cl)nc1N(C)CBr. The van der Waals surface area contributed by atoms with Gasteiger partial charge in [-0.1, -0.05) is 59.9 Å². The molecule has 0 bridgehead atoms. The molecule has 0 aliphatic heterocycles. The van der Waals surface area contributed by atoms with Crippen LogP contribution < -0.4 is 4.90 Å². The number of anilines is 1. The van der Waals surface area contributed by atoms with E-state index in [1.54, 1.807) is 11.0 Å². The molecule has 0 aromatic carbocycles. The normalized spacial score (nSPS) is 10.7. The van der Waals surface area contributed by atoms with Crippen molar-refractivity contribution in [2.75, 3.05) is 17.4 Å². The van der Waals surface area contributed by atoms with Gasteiger partial charge in [0.15, 0.2) is 0 Å². The Morgan fingerprint density at radius 3 is 2.73 bits per heavy atom. The minimum Gasteiger partial charge on any atom is -0.349 e. The number of hydrogen-bond donors (Lipinski definition) is 0. The van der Waals surface area contributed by atoms with Crippen LogP contribution in [0.25, 0.3) is 6.08 Å². The highest BCUT2D eigenvalue weighted by atomic mass is 79.9. The number of alkyl halides is 1. The van der Waals surface area contributed by atoms with Crippen LogP contribution in [-0.4, -0.2) is 28.3 Å². The number of Topliss-reactive ketones (excluding diaryl/α,β-unsaturated/α-hetero) is 1. The molecule has 118 valence electrons. The third kappa shape index (κ3) is 4.69. The summed E-state index contributed by atoms with van der Waals surface area (Å²) in [6.45, 7) is 9.57. The Balaban J connectivity index is 3.25. The highest BCUT2D eigenvalue weighted by molar-refractivity contribution is 9.09. The Morgan fingerprint density at radius 2 is 2.18 bits per heavy atom. The fourth-order valence-electron chi connectivity index (χ4n) is 1.55. The van der Waals surface area contributed by atoms with Gasteiger partial charge in [-0.15, -0.1) is 0 Å². The van der Waals surface area contributed by atoms with Gasteiger partial charge in [0.05, 0.1) is 10.4 Å². The smallest absolute Gasteiger partial charge is 0.225 e. The number of aromatic nitrogens is 2. The van der Waals surface area contributed by atoms with Crippen molar-refractivity contribution in [1.82, 2.24) is 9.97 Å². The highest BCUT2D eigenvalue weighted by Gasteiger charge is 2.21. The molecule has 22 heavy (non-hydrogen) atoms. The van der Waals surface area contributed by atoms with Crippen LogP contribution in [0.5, 0.6) is 0 Å². The third-order valence-electron chi connectivity index (χ3n) is 2.65. The molecule has 1 heterocycles. The molecule has 0 N–H and O–H groups in total. The summed E-state index contributed by atoms with van der Waals surface area (Å²) in [5.41, 5.74) is 1.28. The molecule has 0 aliphatic carbocycles. The minimum atomic E-state index is -0.283. The topological polar surface area (TPSA) is 46.1 Å². The average Bonchev–Trinajstić information content (AvgIpc) is 2.52. The first-order valence-corrected chi connectivity index (χ1v) is 8.86. The van der Waals surface area contributed by atoms with Crippen molar-refractivity contribution in [2.24, 2.45) is 0 Å². The van der Waals surface area contributed by atoms with E-state index >= 15 is 0 Å². The highest BCUT2D eigenvalue weighted by Crippen LogP contribution is 2.28. The van der Waals surface area contributed by atoms with Crippen LogP contribution in [0.15, 0.2) is 29.5 Å². The predicted molar refractivity (Wildman–Crippen MR) is 99.8 cm³/mol. The quantitative estimate of drug-likeness (QED) is 0.203. The van der Waals surface area contributed by atoms with Crippen molar-refractivity contribution in [3.8, 4) is 0 Å². The second kappa shape index (κ2) is 9.12. The van der Waals surface area contributed by atoms with Crippen LogP contribution in [0.3, 0.4) is 0 Å². The average molecular weight is 403 g/mol. The lowest BCUT2D eigenvalue weighted by molar-refractivity contribution is 0.103. The van der Waals surface area contributed by atoms with Gasteiger partial charge in [0.2, 0.25) is 11.1 Å². The third-order valence-corrected chi connectivity index (χ3v) is 4.37. The number of halogens is 2. The Morgan fingerprint density at radius 1 is 1.50 bits per heavy atom. The molecule has 1 aromatic rings. The van der Waals surface area contributed by atoms with Crippen molar-refractivity contribution in [2.45, 2.75) is 13.3 Å². The molecule has 4 nitrogen and oxygen atoms in total. The molecule has 0 saturated carbocycles. The molecule has 0 atom stereocenters. The van der Waals surface area contributed by atoms with Crippen molar-refractivity contribution >= 4 is 57.0 Å². The summed E-state index contributed by atoms with van der Waals surface area (Å²) in [6, 6.07) is 0. The van der Waals surface area contributed by atoms with Crippen LogP contribution >= 0.6 is 39.3 Å². The van der Waals surface area contributed by atoms with Gasteiger partial charge in [-0.05, 0) is 23.4 Å². The van der Waals surface area contributed by atoms with E-state index in [9.17, 15) is 4.79 Å².